The van der Waals surface area contributed by atoms with E-state index in [1.807, 2.05) is 0 Å². The van der Waals surface area contributed by atoms with Gasteiger partial charge in [-0.2, -0.15) is 8.42 Å². The Morgan fingerprint density at radius 1 is 1.25 bits per heavy atom. The third-order valence-electron chi connectivity index (χ3n) is 3.50. The molecule has 9 nitrogen and oxygen atoms in total. The zero-order valence-corrected chi connectivity index (χ0v) is 13.6. The van der Waals surface area contributed by atoms with E-state index in [1.54, 1.807) is 30.3 Å². The van der Waals surface area contributed by atoms with Crippen molar-refractivity contribution in [3.8, 4) is 0 Å². The topological polar surface area (TPSA) is 133 Å². The molecule has 1 aromatic rings. The molecule has 24 heavy (non-hydrogen) atoms. The number of carbonyl (C=O) groups is 3. The minimum Gasteiger partial charge on any atom is -0.354 e. The van der Waals surface area contributed by atoms with Crippen molar-refractivity contribution in [3.63, 3.8) is 0 Å². The van der Waals surface area contributed by atoms with Crippen LogP contribution < -0.4 is 10.6 Å². The van der Waals surface area contributed by atoms with Gasteiger partial charge in [-0.1, -0.05) is 30.3 Å². The van der Waals surface area contributed by atoms with Gasteiger partial charge < -0.3 is 10.6 Å². The molecule has 3 N–H and O–H groups in total. The van der Waals surface area contributed by atoms with Gasteiger partial charge in [0.15, 0.2) is 0 Å². The van der Waals surface area contributed by atoms with E-state index in [2.05, 4.69) is 10.6 Å². The molecule has 0 saturated carbocycles. The molecule has 2 rings (SSSR count). The van der Waals surface area contributed by atoms with Crippen molar-refractivity contribution in [1.82, 2.24) is 14.9 Å². The van der Waals surface area contributed by atoms with Crippen LogP contribution in [0.25, 0.3) is 0 Å². The molecule has 10 heteroatoms. The van der Waals surface area contributed by atoms with E-state index in [0.717, 1.165) is 5.56 Å². The van der Waals surface area contributed by atoms with Gasteiger partial charge in [-0.05, 0) is 5.56 Å². The van der Waals surface area contributed by atoms with Crippen LogP contribution in [0.4, 0.5) is 0 Å². The largest absolute Gasteiger partial charge is 0.362 e. The van der Waals surface area contributed by atoms with Crippen LogP contribution in [0.1, 0.15) is 12.5 Å². The molecule has 1 heterocycles. The van der Waals surface area contributed by atoms with Crippen molar-refractivity contribution >= 4 is 28.0 Å². The molecule has 1 fully saturated rings. The predicted molar refractivity (Wildman–Crippen MR) is 82.9 cm³/mol. The lowest BCUT2D eigenvalue weighted by Crippen LogP contribution is -2.74. The highest BCUT2D eigenvalue weighted by Gasteiger charge is 2.53. The summed E-state index contributed by atoms with van der Waals surface area (Å²) in [5.41, 5.74) is 0.729. The minimum absolute atomic E-state index is 0.0172. The highest BCUT2D eigenvalue weighted by molar-refractivity contribution is 7.84. The molecular formula is C14H17N3O6S. The highest BCUT2D eigenvalue weighted by Crippen LogP contribution is 2.23. The van der Waals surface area contributed by atoms with Gasteiger partial charge in [-0.3, -0.25) is 18.9 Å². The first-order valence-corrected chi connectivity index (χ1v) is 8.48. The van der Waals surface area contributed by atoms with E-state index in [-0.39, 0.29) is 17.3 Å². The second-order valence-corrected chi connectivity index (χ2v) is 6.61. The molecule has 0 radical (unpaired) electrons. The molecular weight excluding hydrogens is 338 g/mol. The summed E-state index contributed by atoms with van der Waals surface area (Å²) in [6.07, 6.45) is 0.0172. The second kappa shape index (κ2) is 6.97. The van der Waals surface area contributed by atoms with Crippen LogP contribution in [0.3, 0.4) is 0 Å². The maximum absolute atomic E-state index is 12.0. The molecule has 130 valence electrons. The predicted octanol–water partition coefficient (Wildman–Crippen LogP) is -1.14. The van der Waals surface area contributed by atoms with Crippen molar-refractivity contribution in [2.24, 2.45) is 0 Å². The van der Waals surface area contributed by atoms with Crippen molar-refractivity contribution in [2.45, 2.75) is 25.4 Å². The average Bonchev–Trinajstić information content (AvgIpc) is 2.48. The normalized spacial score (nSPS) is 20.2. The Bertz CT molecular complexity index is 749. The standard InChI is InChI=1S/C14H17N3O6S/c1-9(18)15-8-11-13(14(20)17(11)24(21,22)23)16-12(19)7-10-5-3-2-4-6-10/h2-6,11,13H,7-8H2,1H3,(H,15,18)(H,16,19)(H,21,22,23). The van der Waals surface area contributed by atoms with Crippen molar-refractivity contribution in [3.05, 3.63) is 35.9 Å². The third-order valence-corrected chi connectivity index (χ3v) is 4.45. The summed E-state index contributed by atoms with van der Waals surface area (Å²) in [6, 6.07) is 6.59. The summed E-state index contributed by atoms with van der Waals surface area (Å²) in [5, 5.41) is 4.80. The Balaban J connectivity index is 2.05. The van der Waals surface area contributed by atoms with Gasteiger partial charge in [-0.25, -0.2) is 4.31 Å². The van der Waals surface area contributed by atoms with Crippen molar-refractivity contribution in [1.29, 1.82) is 0 Å². The number of β-lactam (4-membered cyclic amide) rings is 1. The Hall–Kier alpha value is -2.46. The van der Waals surface area contributed by atoms with Crippen LogP contribution in [-0.4, -0.2) is 53.6 Å². The summed E-state index contributed by atoms with van der Waals surface area (Å²) in [4.78, 5) is 34.9. The number of nitrogens with zero attached hydrogens (tertiary/aromatic N) is 1. The molecule has 1 aliphatic heterocycles. The number of benzene rings is 1. The maximum atomic E-state index is 12.0. The molecule has 2 unspecified atom stereocenters. The van der Waals surface area contributed by atoms with E-state index in [1.165, 1.54) is 6.92 Å². The van der Waals surface area contributed by atoms with Crippen LogP contribution in [0.2, 0.25) is 0 Å². The maximum Gasteiger partial charge on any atom is 0.362 e. The summed E-state index contributed by atoms with van der Waals surface area (Å²) in [5.74, 6) is -1.85. The smallest absolute Gasteiger partial charge is 0.354 e. The van der Waals surface area contributed by atoms with Crippen LogP contribution in [-0.2, 0) is 31.1 Å². The van der Waals surface area contributed by atoms with Crippen LogP contribution in [0, 0.1) is 0 Å². The Morgan fingerprint density at radius 2 is 1.88 bits per heavy atom. The number of hydrogen-bond donors (Lipinski definition) is 3. The summed E-state index contributed by atoms with van der Waals surface area (Å²) < 4.78 is 31.8. The lowest BCUT2D eigenvalue weighted by atomic mass is 9.98. The minimum atomic E-state index is -4.76. The van der Waals surface area contributed by atoms with Crippen LogP contribution in [0.15, 0.2) is 30.3 Å². The van der Waals surface area contributed by atoms with E-state index < -0.39 is 40.1 Å². The molecule has 3 amide bonds. The number of amides is 3. The lowest BCUT2D eigenvalue weighted by molar-refractivity contribution is -0.146. The van der Waals surface area contributed by atoms with E-state index in [0.29, 0.717) is 0 Å². The van der Waals surface area contributed by atoms with Gasteiger partial charge in [0.25, 0.3) is 5.91 Å². The van der Waals surface area contributed by atoms with Gasteiger partial charge in [0.2, 0.25) is 11.8 Å². The van der Waals surface area contributed by atoms with Gasteiger partial charge in [0, 0.05) is 13.5 Å². The van der Waals surface area contributed by atoms with E-state index >= 15 is 0 Å². The fraction of sp³-hybridized carbons (Fsp3) is 0.357. The lowest BCUT2D eigenvalue weighted by Gasteiger charge is -2.44. The first-order valence-electron chi connectivity index (χ1n) is 7.08. The molecule has 0 aliphatic carbocycles. The fourth-order valence-corrected chi connectivity index (χ4v) is 3.30. The third kappa shape index (κ3) is 4.09. The highest BCUT2D eigenvalue weighted by atomic mass is 32.2. The van der Waals surface area contributed by atoms with E-state index in [4.69, 9.17) is 4.55 Å². The summed E-state index contributed by atoms with van der Waals surface area (Å²) in [7, 11) is -4.76. The fourth-order valence-electron chi connectivity index (χ4n) is 2.42. The Labute approximate surface area is 138 Å². The van der Waals surface area contributed by atoms with E-state index in [9.17, 15) is 22.8 Å². The zero-order chi connectivity index (χ0) is 17.9. The molecule has 0 bridgehead atoms. The average molecular weight is 355 g/mol. The summed E-state index contributed by atoms with van der Waals surface area (Å²) in [6.45, 7) is 1.01. The molecule has 1 aromatic carbocycles. The van der Waals surface area contributed by atoms with Gasteiger partial charge >= 0.3 is 10.3 Å². The van der Waals surface area contributed by atoms with Gasteiger partial charge in [0.1, 0.15) is 6.04 Å². The first-order chi connectivity index (χ1) is 11.2. The zero-order valence-electron chi connectivity index (χ0n) is 12.8. The Kier molecular flexibility index (Phi) is 5.20. The summed E-state index contributed by atoms with van der Waals surface area (Å²) >= 11 is 0. The number of hydrogen-bond acceptors (Lipinski definition) is 5. The van der Waals surface area contributed by atoms with Crippen molar-refractivity contribution < 1.29 is 27.4 Å². The number of rotatable bonds is 6. The van der Waals surface area contributed by atoms with Gasteiger partial charge in [0.05, 0.1) is 12.5 Å². The van der Waals surface area contributed by atoms with Crippen LogP contribution in [0.5, 0.6) is 0 Å². The second-order valence-electron chi connectivity index (χ2n) is 5.32. The first kappa shape index (κ1) is 17.9. The number of nitrogens with one attached hydrogen (secondary N) is 2. The van der Waals surface area contributed by atoms with Crippen molar-refractivity contribution in [2.75, 3.05) is 6.54 Å². The molecule has 2 atom stereocenters. The van der Waals surface area contributed by atoms with Crippen LogP contribution >= 0.6 is 0 Å². The molecule has 1 aliphatic rings. The molecule has 1 saturated heterocycles. The Morgan fingerprint density at radius 3 is 2.42 bits per heavy atom. The quantitative estimate of drug-likeness (QED) is 0.437. The molecule has 0 aromatic heterocycles. The molecule has 0 spiro atoms. The van der Waals surface area contributed by atoms with Gasteiger partial charge in [-0.15, -0.1) is 0 Å². The monoisotopic (exact) mass is 355 g/mol. The number of carbonyl (C=O) groups excluding carboxylic acids is 3. The SMILES string of the molecule is CC(=O)NCC1C(NC(=O)Cc2ccccc2)C(=O)N1S(=O)(=O)O.